The van der Waals surface area contributed by atoms with Crippen molar-refractivity contribution in [3.63, 3.8) is 0 Å². The van der Waals surface area contributed by atoms with Gasteiger partial charge in [-0.05, 0) is 69.7 Å². The Morgan fingerprint density at radius 1 is 1.00 bits per heavy atom. The van der Waals surface area contributed by atoms with Gasteiger partial charge in [-0.2, -0.15) is 0 Å². The van der Waals surface area contributed by atoms with Crippen LogP contribution in [0.15, 0.2) is 12.1 Å². The van der Waals surface area contributed by atoms with Crippen LogP contribution in [0.2, 0.25) is 0 Å². The van der Waals surface area contributed by atoms with Gasteiger partial charge in [0.15, 0.2) is 11.5 Å². The standard InChI is InChI=1S/C15H26N2O2/c1-12-10-14(18-3)15(19-4)11-13(12)6-9-17-8-5-7-16-2/h10-11,16-17H,5-9H2,1-4H3. The van der Waals surface area contributed by atoms with E-state index in [9.17, 15) is 0 Å². The number of rotatable bonds is 9. The summed E-state index contributed by atoms with van der Waals surface area (Å²) in [6.07, 6.45) is 2.16. The molecule has 19 heavy (non-hydrogen) atoms. The molecule has 0 saturated heterocycles. The van der Waals surface area contributed by atoms with Crippen molar-refractivity contribution in [2.75, 3.05) is 40.9 Å². The van der Waals surface area contributed by atoms with Crippen LogP contribution in [-0.4, -0.2) is 40.9 Å². The quantitative estimate of drug-likeness (QED) is 0.668. The smallest absolute Gasteiger partial charge is 0.161 e. The third-order valence-electron chi connectivity index (χ3n) is 3.19. The second-order valence-electron chi connectivity index (χ2n) is 4.59. The Morgan fingerprint density at radius 3 is 2.32 bits per heavy atom. The molecule has 0 amide bonds. The second-order valence-corrected chi connectivity index (χ2v) is 4.59. The first-order valence-corrected chi connectivity index (χ1v) is 6.79. The second kappa shape index (κ2) is 8.77. The van der Waals surface area contributed by atoms with Gasteiger partial charge in [-0.15, -0.1) is 0 Å². The largest absolute Gasteiger partial charge is 0.493 e. The van der Waals surface area contributed by atoms with E-state index in [0.717, 1.165) is 44.0 Å². The highest BCUT2D eigenvalue weighted by Crippen LogP contribution is 2.30. The van der Waals surface area contributed by atoms with Crippen LogP contribution in [0, 0.1) is 6.92 Å². The molecule has 0 aliphatic carbocycles. The third kappa shape index (κ3) is 5.09. The van der Waals surface area contributed by atoms with Crippen molar-refractivity contribution in [2.45, 2.75) is 19.8 Å². The van der Waals surface area contributed by atoms with Crippen LogP contribution < -0.4 is 20.1 Å². The van der Waals surface area contributed by atoms with Crippen molar-refractivity contribution >= 4 is 0 Å². The van der Waals surface area contributed by atoms with E-state index >= 15 is 0 Å². The van der Waals surface area contributed by atoms with Gasteiger partial charge in [-0.3, -0.25) is 0 Å². The van der Waals surface area contributed by atoms with Gasteiger partial charge in [-0.25, -0.2) is 0 Å². The van der Waals surface area contributed by atoms with E-state index in [1.807, 2.05) is 13.1 Å². The number of methoxy groups -OCH3 is 2. The zero-order valence-corrected chi connectivity index (χ0v) is 12.5. The fourth-order valence-electron chi connectivity index (χ4n) is 2.03. The number of ether oxygens (including phenoxy) is 2. The van der Waals surface area contributed by atoms with Crippen molar-refractivity contribution in [1.82, 2.24) is 10.6 Å². The van der Waals surface area contributed by atoms with Crippen LogP contribution in [-0.2, 0) is 6.42 Å². The minimum Gasteiger partial charge on any atom is -0.493 e. The molecule has 0 unspecified atom stereocenters. The Balaban J connectivity index is 2.49. The maximum atomic E-state index is 5.34. The molecule has 4 nitrogen and oxygen atoms in total. The molecule has 1 rings (SSSR count). The van der Waals surface area contributed by atoms with E-state index in [1.165, 1.54) is 11.1 Å². The summed E-state index contributed by atoms with van der Waals surface area (Å²) in [6.45, 7) is 5.20. The van der Waals surface area contributed by atoms with Gasteiger partial charge in [-0.1, -0.05) is 0 Å². The number of aryl methyl sites for hydroxylation is 1. The molecule has 0 atom stereocenters. The van der Waals surface area contributed by atoms with E-state index in [4.69, 9.17) is 9.47 Å². The SMILES string of the molecule is CNCCCNCCc1cc(OC)c(OC)cc1C. The van der Waals surface area contributed by atoms with E-state index in [-0.39, 0.29) is 0 Å². The summed E-state index contributed by atoms with van der Waals surface area (Å²) < 4.78 is 10.6. The van der Waals surface area contributed by atoms with E-state index in [0.29, 0.717) is 0 Å². The lowest BCUT2D eigenvalue weighted by Crippen LogP contribution is -2.22. The van der Waals surface area contributed by atoms with Crippen molar-refractivity contribution in [3.8, 4) is 11.5 Å². The molecule has 4 heteroatoms. The molecule has 2 N–H and O–H groups in total. The molecule has 0 aromatic heterocycles. The summed E-state index contributed by atoms with van der Waals surface area (Å²) in [4.78, 5) is 0. The third-order valence-corrected chi connectivity index (χ3v) is 3.19. The summed E-state index contributed by atoms with van der Waals surface area (Å²) in [5, 5.41) is 6.59. The Labute approximate surface area is 116 Å². The molecule has 108 valence electrons. The van der Waals surface area contributed by atoms with Gasteiger partial charge in [0.1, 0.15) is 0 Å². The van der Waals surface area contributed by atoms with E-state index < -0.39 is 0 Å². The predicted octanol–water partition coefficient (Wildman–Crippen LogP) is 1.75. The average molecular weight is 266 g/mol. The molecular weight excluding hydrogens is 240 g/mol. The van der Waals surface area contributed by atoms with E-state index in [2.05, 4.69) is 23.6 Å². The zero-order chi connectivity index (χ0) is 14.1. The lowest BCUT2D eigenvalue weighted by molar-refractivity contribution is 0.354. The van der Waals surface area contributed by atoms with Gasteiger partial charge in [0.2, 0.25) is 0 Å². The number of hydrogen-bond donors (Lipinski definition) is 2. The number of hydrogen-bond acceptors (Lipinski definition) is 4. The van der Waals surface area contributed by atoms with Crippen LogP contribution in [0.25, 0.3) is 0 Å². The topological polar surface area (TPSA) is 42.5 Å². The monoisotopic (exact) mass is 266 g/mol. The van der Waals surface area contributed by atoms with Crippen LogP contribution in [0.1, 0.15) is 17.5 Å². The maximum Gasteiger partial charge on any atom is 0.161 e. The van der Waals surface area contributed by atoms with Crippen LogP contribution >= 0.6 is 0 Å². The average Bonchev–Trinajstić information content (AvgIpc) is 2.43. The Bertz CT molecular complexity index is 381. The highest BCUT2D eigenvalue weighted by molar-refractivity contribution is 5.47. The molecule has 0 bridgehead atoms. The van der Waals surface area contributed by atoms with Crippen molar-refractivity contribution < 1.29 is 9.47 Å². The molecule has 0 spiro atoms. The molecule has 0 radical (unpaired) electrons. The summed E-state index contributed by atoms with van der Waals surface area (Å²) in [7, 11) is 5.32. The van der Waals surface area contributed by atoms with Gasteiger partial charge in [0, 0.05) is 0 Å². The van der Waals surface area contributed by atoms with Gasteiger partial charge >= 0.3 is 0 Å². The first-order chi connectivity index (χ1) is 9.22. The molecule has 0 fully saturated rings. The first-order valence-electron chi connectivity index (χ1n) is 6.79. The Kier molecular flexibility index (Phi) is 7.30. The van der Waals surface area contributed by atoms with Gasteiger partial charge in [0.05, 0.1) is 14.2 Å². The Hall–Kier alpha value is -1.26. The maximum absolute atomic E-state index is 5.34. The minimum atomic E-state index is 0.797. The van der Waals surface area contributed by atoms with Crippen molar-refractivity contribution in [3.05, 3.63) is 23.3 Å². The van der Waals surface area contributed by atoms with Gasteiger partial charge in [0.25, 0.3) is 0 Å². The fraction of sp³-hybridized carbons (Fsp3) is 0.600. The lowest BCUT2D eigenvalue weighted by atomic mass is 10.0. The molecule has 1 aromatic rings. The molecule has 0 aliphatic rings. The van der Waals surface area contributed by atoms with Crippen LogP contribution in [0.5, 0.6) is 11.5 Å². The molecule has 0 saturated carbocycles. The highest BCUT2D eigenvalue weighted by Gasteiger charge is 2.08. The van der Waals surface area contributed by atoms with Crippen LogP contribution in [0.4, 0.5) is 0 Å². The highest BCUT2D eigenvalue weighted by atomic mass is 16.5. The number of benzene rings is 1. The lowest BCUT2D eigenvalue weighted by Gasteiger charge is -2.13. The zero-order valence-electron chi connectivity index (χ0n) is 12.5. The van der Waals surface area contributed by atoms with E-state index in [1.54, 1.807) is 14.2 Å². The molecular formula is C15H26N2O2. The normalized spacial score (nSPS) is 10.5. The molecule has 1 aromatic carbocycles. The first kappa shape index (κ1) is 15.8. The predicted molar refractivity (Wildman–Crippen MR) is 79.4 cm³/mol. The molecule has 0 aliphatic heterocycles. The minimum absolute atomic E-state index is 0.797. The van der Waals surface area contributed by atoms with Gasteiger partial charge < -0.3 is 20.1 Å². The fourth-order valence-corrected chi connectivity index (χ4v) is 2.03. The summed E-state index contributed by atoms with van der Waals surface area (Å²) >= 11 is 0. The summed E-state index contributed by atoms with van der Waals surface area (Å²) in [6, 6.07) is 4.11. The van der Waals surface area contributed by atoms with Crippen molar-refractivity contribution in [2.24, 2.45) is 0 Å². The number of nitrogens with one attached hydrogen (secondary N) is 2. The van der Waals surface area contributed by atoms with Crippen LogP contribution in [0.3, 0.4) is 0 Å². The summed E-state index contributed by atoms with van der Waals surface area (Å²) in [5.74, 6) is 1.60. The Morgan fingerprint density at radius 2 is 1.68 bits per heavy atom. The molecule has 0 heterocycles. The summed E-state index contributed by atoms with van der Waals surface area (Å²) in [5.41, 5.74) is 2.55. The van der Waals surface area contributed by atoms with Crippen molar-refractivity contribution in [1.29, 1.82) is 0 Å².